The molecule has 0 N–H and O–H groups in total. The van der Waals surface area contributed by atoms with Crippen molar-refractivity contribution in [3.63, 3.8) is 0 Å². The second kappa shape index (κ2) is 8.06. The van der Waals surface area contributed by atoms with Gasteiger partial charge in [-0.1, -0.05) is 12.1 Å². The molecular weight excluding hydrogens is 385 g/mol. The molecule has 25 heavy (non-hydrogen) atoms. The summed E-state index contributed by atoms with van der Waals surface area (Å²) in [6, 6.07) is 10.9. The van der Waals surface area contributed by atoms with E-state index in [2.05, 4.69) is 25.8 Å². The van der Waals surface area contributed by atoms with E-state index in [1.807, 2.05) is 25.1 Å². The first-order valence-electron chi connectivity index (χ1n) is 8.43. The summed E-state index contributed by atoms with van der Waals surface area (Å²) >= 11 is 3.15. The van der Waals surface area contributed by atoms with Gasteiger partial charge in [0.1, 0.15) is 5.82 Å². The molecule has 1 saturated heterocycles. The van der Waals surface area contributed by atoms with Crippen LogP contribution in [0.15, 0.2) is 40.9 Å². The molecule has 6 heteroatoms. The van der Waals surface area contributed by atoms with E-state index in [4.69, 9.17) is 0 Å². The van der Waals surface area contributed by atoms with Gasteiger partial charge in [-0.3, -0.25) is 14.7 Å². The lowest BCUT2D eigenvalue weighted by Crippen LogP contribution is -2.35. The Kier molecular flexibility index (Phi) is 5.81. The lowest BCUT2D eigenvalue weighted by molar-refractivity contribution is 0.0756. The first-order chi connectivity index (χ1) is 12.0. The monoisotopic (exact) mass is 405 g/mol. The highest BCUT2D eigenvalue weighted by atomic mass is 79.9. The molecule has 1 aliphatic rings. The number of benzene rings is 1. The zero-order valence-corrected chi connectivity index (χ0v) is 15.8. The Morgan fingerprint density at radius 3 is 2.76 bits per heavy atom. The van der Waals surface area contributed by atoms with Crippen LogP contribution in [-0.2, 0) is 6.54 Å². The molecule has 0 saturated carbocycles. The standard InChI is InChI=1S/C19H21BrFN3O/c1-14-5-2-6-15(22-14)13-23-9-4-10-24(12-11-23)19(25)16-7-3-8-17(20)18(16)21/h2-3,5-8H,4,9-13H2,1H3. The van der Waals surface area contributed by atoms with Crippen LogP contribution >= 0.6 is 15.9 Å². The average Bonchev–Trinajstić information content (AvgIpc) is 2.82. The number of aromatic nitrogens is 1. The third-order valence-electron chi connectivity index (χ3n) is 4.39. The van der Waals surface area contributed by atoms with Crippen LogP contribution in [0.1, 0.15) is 28.2 Å². The number of hydrogen-bond acceptors (Lipinski definition) is 3. The summed E-state index contributed by atoms with van der Waals surface area (Å²) in [6.07, 6.45) is 0.868. The van der Waals surface area contributed by atoms with E-state index in [1.165, 1.54) is 0 Å². The fraction of sp³-hybridized carbons (Fsp3) is 0.368. The molecule has 0 spiro atoms. The summed E-state index contributed by atoms with van der Waals surface area (Å²) < 4.78 is 14.5. The minimum atomic E-state index is -0.488. The molecule has 1 aromatic heterocycles. The molecule has 0 bridgehead atoms. The third-order valence-corrected chi connectivity index (χ3v) is 5.00. The van der Waals surface area contributed by atoms with Gasteiger partial charge in [0.25, 0.3) is 5.91 Å². The Balaban J connectivity index is 1.65. The molecule has 1 aromatic carbocycles. The van der Waals surface area contributed by atoms with Crippen molar-refractivity contribution in [1.29, 1.82) is 0 Å². The number of nitrogens with zero attached hydrogens (tertiary/aromatic N) is 3. The normalized spacial score (nSPS) is 15.9. The summed E-state index contributed by atoms with van der Waals surface area (Å²) in [5.74, 6) is -0.730. The van der Waals surface area contributed by atoms with Crippen molar-refractivity contribution in [2.45, 2.75) is 19.9 Å². The second-order valence-electron chi connectivity index (χ2n) is 6.29. The van der Waals surface area contributed by atoms with Crippen LogP contribution in [0.3, 0.4) is 0 Å². The van der Waals surface area contributed by atoms with Gasteiger partial charge < -0.3 is 4.90 Å². The van der Waals surface area contributed by atoms with Gasteiger partial charge in [0.2, 0.25) is 0 Å². The summed E-state index contributed by atoms with van der Waals surface area (Å²) in [6.45, 7) is 5.66. The van der Waals surface area contributed by atoms with Crippen LogP contribution in [0.25, 0.3) is 0 Å². The Hall–Kier alpha value is -1.79. The predicted octanol–water partition coefficient (Wildman–Crippen LogP) is 3.64. The first kappa shape index (κ1) is 18.0. The highest BCUT2D eigenvalue weighted by Gasteiger charge is 2.23. The van der Waals surface area contributed by atoms with Crippen LogP contribution < -0.4 is 0 Å². The van der Waals surface area contributed by atoms with E-state index in [1.54, 1.807) is 23.1 Å². The topological polar surface area (TPSA) is 36.4 Å². The molecule has 0 atom stereocenters. The molecule has 1 aliphatic heterocycles. The molecule has 2 aromatic rings. The number of hydrogen-bond donors (Lipinski definition) is 0. The van der Waals surface area contributed by atoms with Gasteiger partial charge in [0.05, 0.1) is 15.7 Å². The van der Waals surface area contributed by atoms with Gasteiger partial charge in [-0.15, -0.1) is 0 Å². The van der Waals surface area contributed by atoms with Gasteiger partial charge in [0.15, 0.2) is 0 Å². The zero-order valence-electron chi connectivity index (χ0n) is 14.2. The van der Waals surface area contributed by atoms with E-state index in [0.29, 0.717) is 17.6 Å². The first-order valence-corrected chi connectivity index (χ1v) is 9.22. The third kappa shape index (κ3) is 4.44. The van der Waals surface area contributed by atoms with Gasteiger partial charge in [0, 0.05) is 38.4 Å². The summed E-state index contributed by atoms with van der Waals surface area (Å²) in [7, 11) is 0. The lowest BCUT2D eigenvalue weighted by Gasteiger charge is -2.22. The Bertz CT molecular complexity index is 768. The molecular formula is C19H21BrFN3O. The predicted molar refractivity (Wildman–Crippen MR) is 98.9 cm³/mol. The molecule has 0 unspecified atom stereocenters. The van der Waals surface area contributed by atoms with E-state index >= 15 is 0 Å². The molecule has 3 rings (SSSR count). The molecule has 1 amide bonds. The maximum absolute atomic E-state index is 14.2. The summed E-state index contributed by atoms with van der Waals surface area (Å²) in [5, 5.41) is 0. The van der Waals surface area contributed by atoms with Crippen LogP contribution in [-0.4, -0.2) is 46.9 Å². The van der Waals surface area contributed by atoms with Gasteiger partial charge >= 0.3 is 0 Å². The summed E-state index contributed by atoms with van der Waals surface area (Å²) in [4.78, 5) is 21.3. The highest BCUT2D eigenvalue weighted by Crippen LogP contribution is 2.20. The molecule has 0 radical (unpaired) electrons. The van der Waals surface area contributed by atoms with Gasteiger partial charge in [-0.25, -0.2) is 4.39 Å². The Morgan fingerprint density at radius 1 is 1.16 bits per heavy atom. The molecule has 132 valence electrons. The van der Waals surface area contributed by atoms with Crippen LogP contribution in [0.2, 0.25) is 0 Å². The van der Waals surface area contributed by atoms with Crippen LogP contribution in [0.4, 0.5) is 4.39 Å². The van der Waals surface area contributed by atoms with Crippen molar-refractivity contribution in [2.75, 3.05) is 26.2 Å². The lowest BCUT2D eigenvalue weighted by atomic mass is 10.2. The molecule has 2 heterocycles. The van der Waals surface area contributed by atoms with E-state index < -0.39 is 5.82 Å². The number of carbonyl (C=O) groups is 1. The number of carbonyl (C=O) groups excluding carboxylic acids is 1. The van der Waals surface area contributed by atoms with Crippen LogP contribution in [0.5, 0.6) is 0 Å². The Labute approximate surface area is 155 Å². The Morgan fingerprint density at radius 2 is 1.96 bits per heavy atom. The smallest absolute Gasteiger partial charge is 0.256 e. The van der Waals surface area contributed by atoms with E-state index in [-0.39, 0.29) is 11.5 Å². The molecule has 0 aliphatic carbocycles. The number of amides is 1. The molecule has 4 nitrogen and oxygen atoms in total. The van der Waals surface area contributed by atoms with E-state index in [0.717, 1.165) is 37.4 Å². The van der Waals surface area contributed by atoms with Crippen molar-refractivity contribution in [3.8, 4) is 0 Å². The second-order valence-corrected chi connectivity index (χ2v) is 7.15. The summed E-state index contributed by atoms with van der Waals surface area (Å²) in [5.41, 5.74) is 2.18. The maximum Gasteiger partial charge on any atom is 0.256 e. The fourth-order valence-corrected chi connectivity index (χ4v) is 3.45. The van der Waals surface area contributed by atoms with Gasteiger partial charge in [-0.2, -0.15) is 0 Å². The van der Waals surface area contributed by atoms with Crippen molar-refractivity contribution in [3.05, 3.63) is 63.6 Å². The van der Waals surface area contributed by atoms with Crippen molar-refractivity contribution in [2.24, 2.45) is 0 Å². The largest absolute Gasteiger partial charge is 0.337 e. The maximum atomic E-state index is 14.2. The minimum absolute atomic E-state index is 0.128. The van der Waals surface area contributed by atoms with Crippen molar-refractivity contribution >= 4 is 21.8 Å². The fourth-order valence-electron chi connectivity index (χ4n) is 3.09. The quantitative estimate of drug-likeness (QED) is 0.781. The zero-order chi connectivity index (χ0) is 17.8. The number of aryl methyl sites for hydroxylation is 1. The number of rotatable bonds is 3. The number of pyridine rings is 1. The molecule has 1 fully saturated rings. The van der Waals surface area contributed by atoms with Crippen molar-refractivity contribution < 1.29 is 9.18 Å². The SMILES string of the molecule is Cc1cccc(CN2CCCN(C(=O)c3cccc(Br)c3F)CC2)n1. The van der Waals surface area contributed by atoms with Crippen LogP contribution in [0, 0.1) is 12.7 Å². The minimum Gasteiger partial charge on any atom is -0.337 e. The van der Waals surface area contributed by atoms with E-state index in [9.17, 15) is 9.18 Å². The average molecular weight is 406 g/mol. The van der Waals surface area contributed by atoms with Crippen molar-refractivity contribution in [1.82, 2.24) is 14.8 Å². The highest BCUT2D eigenvalue weighted by molar-refractivity contribution is 9.10. The number of halogens is 2. The van der Waals surface area contributed by atoms with Gasteiger partial charge in [-0.05, 0) is 53.5 Å².